The van der Waals surface area contributed by atoms with Crippen molar-refractivity contribution in [3.63, 3.8) is 0 Å². The molecule has 0 aliphatic heterocycles. The van der Waals surface area contributed by atoms with Crippen LogP contribution < -0.4 is 10.4 Å². The van der Waals surface area contributed by atoms with Crippen LogP contribution in [0.2, 0.25) is 0 Å². The highest BCUT2D eigenvalue weighted by Gasteiger charge is 2.24. The van der Waals surface area contributed by atoms with Crippen LogP contribution in [0.25, 0.3) is 89.5 Å². The zero-order valence-corrected chi connectivity index (χ0v) is 32.9. The third-order valence-corrected chi connectivity index (χ3v) is 13.0. The Morgan fingerprint density at radius 1 is 0.542 bits per heavy atom. The molecule has 0 saturated carbocycles. The van der Waals surface area contributed by atoms with Crippen molar-refractivity contribution < 1.29 is 0 Å². The van der Waals surface area contributed by atoms with Crippen LogP contribution in [0.4, 0.5) is 0 Å². The lowest BCUT2D eigenvalue weighted by Gasteiger charge is -2.23. The fourth-order valence-electron chi connectivity index (χ4n) is 10.1. The summed E-state index contributed by atoms with van der Waals surface area (Å²) in [5, 5.41) is 10.6. The summed E-state index contributed by atoms with van der Waals surface area (Å²) in [5.74, 6) is 1.23. The highest BCUT2D eigenvalue weighted by molar-refractivity contribution is 6.07. The molecule has 0 N–H and O–H groups in total. The van der Waals surface area contributed by atoms with Crippen molar-refractivity contribution in [1.29, 1.82) is 0 Å². The summed E-state index contributed by atoms with van der Waals surface area (Å²) < 4.78 is 2.37. The predicted octanol–water partition coefficient (Wildman–Crippen LogP) is 13.1. The Balaban J connectivity index is 0.983. The van der Waals surface area contributed by atoms with Crippen molar-refractivity contribution in [2.45, 2.75) is 38.0 Å². The lowest BCUT2D eigenvalue weighted by Crippen LogP contribution is -2.33. The minimum Gasteiger partial charge on any atom is -0.296 e. The molecule has 0 fully saturated rings. The molecular formula is C57H42N2. The summed E-state index contributed by atoms with van der Waals surface area (Å²) >= 11 is 0. The van der Waals surface area contributed by atoms with Gasteiger partial charge < -0.3 is 0 Å². The van der Waals surface area contributed by atoms with Crippen LogP contribution in [-0.4, -0.2) is 9.55 Å². The Hall–Kier alpha value is -7.03. The number of nitrogens with zero attached hydrogens (tertiary/aromatic N) is 2. The summed E-state index contributed by atoms with van der Waals surface area (Å²) in [6.07, 6.45) is 19.8. The third-order valence-electron chi connectivity index (χ3n) is 13.0. The van der Waals surface area contributed by atoms with E-state index in [1.807, 2.05) is 0 Å². The minimum absolute atomic E-state index is 0.153. The highest BCUT2D eigenvalue weighted by atomic mass is 15.1. The molecule has 8 aromatic carbocycles. The first-order chi connectivity index (χ1) is 29.2. The van der Waals surface area contributed by atoms with Crippen molar-refractivity contribution in [1.82, 2.24) is 9.55 Å². The predicted molar refractivity (Wildman–Crippen MR) is 250 cm³/mol. The molecule has 0 spiro atoms. The van der Waals surface area contributed by atoms with Crippen LogP contribution in [0.3, 0.4) is 0 Å². The normalized spacial score (nSPS) is 16.0. The first-order valence-electron chi connectivity index (χ1n) is 21.2. The third kappa shape index (κ3) is 5.74. The van der Waals surface area contributed by atoms with Crippen LogP contribution in [0, 0.1) is 0 Å². The molecule has 1 atom stereocenters. The fraction of sp³-hybridized carbons (Fsp3) is 0.105. The van der Waals surface area contributed by atoms with Gasteiger partial charge in [-0.2, -0.15) is 0 Å². The SMILES string of the molecule is C1=CC(c2nc3ccccc3n2-c2ccc3ccccc3c2)CC=C1c1ccc2c(C3=Cc4cc5ccccc5cc4CC3)c3c(c(-c4ccccc4)c2c1)=CCCC=3. The number of hydrogen-bond acceptors (Lipinski definition) is 1. The van der Waals surface area contributed by atoms with Crippen LogP contribution in [-0.2, 0) is 6.42 Å². The van der Waals surface area contributed by atoms with Crippen molar-refractivity contribution in [2.75, 3.05) is 0 Å². The van der Waals surface area contributed by atoms with Gasteiger partial charge in [-0.25, -0.2) is 4.98 Å². The van der Waals surface area contributed by atoms with Gasteiger partial charge in [0.2, 0.25) is 0 Å². The van der Waals surface area contributed by atoms with E-state index in [1.165, 1.54) is 87.3 Å². The zero-order chi connectivity index (χ0) is 38.9. The smallest absolute Gasteiger partial charge is 0.121 e. The molecule has 1 aromatic heterocycles. The molecule has 2 nitrogen and oxygen atoms in total. The second-order valence-corrected chi connectivity index (χ2v) is 16.4. The van der Waals surface area contributed by atoms with E-state index in [2.05, 4.69) is 193 Å². The molecule has 3 aliphatic rings. The molecule has 12 rings (SSSR count). The molecule has 0 radical (unpaired) electrons. The summed E-state index contributed by atoms with van der Waals surface area (Å²) in [5.41, 5.74) is 14.1. The molecule has 0 bridgehead atoms. The number of allylic oxidation sites excluding steroid dienone is 5. The number of aryl methyl sites for hydroxylation is 1. The van der Waals surface area contributed by atoms with Gasteiger partial charge in [0.25, 0.3) is 0 Å². The Bertz CT molecular complexity index is 3410. The molecular weight excluding hydrogens is 713 g/mol. The van der Waals surface area contributed by atoms with Crippen molar-refractivity contribution >= 4 is 72.7 Å². The van der Waals surface area contributed by atoms with E-state index in [1.54, 1.807) is 0 Å². The van der Waals surface area contributed by atoms with E-state index in [-0.39, 0.29) is 5.92 Å². The van der Waals surface area contributed by atoms with Gasteiger partial charge in [0, 0.05) is 11.6 Å². The number of fused-ring (bicyclic) bond motifs is 6. The zero-order valence-electron chi connectivity index (χ0n) is 32.9. The number of imidazole rings is 1. The Labute approximate surface area is 344 Å². The first-order valence-corrected chi connectivity index (χ1v) is 21.2. The topological polar surface area (TPSA) is 17.8 Å². The molecule has 9 aromatic rings. The molecule has 280 valence electrons. The van der Waals surface area contributed by atoms with Gasteiger partial charge in [0.05, 0.1) is 11.0 Å². The number of para-hydroxylation sites is 2. The Kier molecular flexibility index (Phi) is 7.97. The van der Waals surface area contributed by atoms with Crippen molar-refractivity contribution in [2.24, 2.45) is 0 Å². The number of hydrogen-bond donors (Lipinski definition) is 0. The fourth-order valence-corrected chi connectivity index (χ4v) is 10.1. The van der Waals surface area contributed by atoms with E-state index in [0.717, 1.165) is 54.6 Å². The van der Waals surface area contributed by atoms with Gasteiger partial charge in [-0.15, -0.1) is 0 Å². The molecule has 0 saturated heterocycles. The van der Waals surface area contributed by atoms with E-state index < -0.39 is 0 Å². The molecule has 2 heteroatoms. The summed E-state index contributed by atoms with van der Waals surface area (Å²) in [6.45, 7) is 0. The van der Waals surface area contributed by atoms with Gasteiger partial charge in [-0.1, -0.05) is 152 Å². The summed E-state index contributed by atoms with van der Waals surface area (Å²) in [6, 6.07) is 55.8. The molecule has 3 aliphatic carbocycles. The van der Waals surface area contributed by atoms with Gasteiger partial charge >= 0.3 is 0 Å². The van der Waals surface area contributed by atoms with Gasteiger partial charge in [-0.05, 0) is 156 Å². The van der Waals surface area contributed by atoms with Gasteiger partial charge in [0.15, 0.2) is 0 Å². The summed E-state index contributed by atoms with van der Waals surface area (Å²) in [4.78, 5) is 5.27. The van der Waals surface area contributed by atoms with E-state index in [4.69, 9.17) is 4.98 Å². The maximum Gasteiger partial charge on any atom is 0.121 e. The van der Waals surface area contributed by atoms with Crippen LogP contribution in [0.15, 0.2) is 170 Å². The Morgan fingerprint density at radius 3 is 2.08 bits per heavy atom. The second kappa shape index (κ2) is 13.8. The monoisotopic (exact) mass is 754 g/mol. The lowest BCUT2D eigenvalue weighted by molar-refractivity contribution is 0.760. The lowest BCUT2D eigenvalue weighted by atomic mass is 9.81. The van der Waals surface area contributed by atoms with Crippen LogP contribution in [0.5, 0.6) is 0 Å². The van der Waals surface area contributed by atoms with Crippen LogP contribution in [0.1, 0.15) is 59.7 Å². The molecule has 0 amide bonds. The van der Waals surface area contributed by atoms with E-state index in [9.17, 15) is 0 Å². The molecule has 1 heterocycles. The van der Waals surface area contributed by atoms with E-state index in [0.29, 0.717) is 0 Å². The quantitative estimate of drug-likeness (QED) is 0.171. The Morgan fingerprint density at radius 2 is 1.27 bits per heavy atom. The van der Waals surface area contributed by atoms with E-state index >= 15 is 0 Å². The van der Waals surface area contributed by atoms with Gasteiger partial charge in [-0.3, -0.25) is 4.57 Å². The average Bonchev–Trinajstić information content (AvgIpc) is 3.69. The largest absolute Gasteiger partial charge is 0.296 e. The maximum absolute atomic E-state index is 5.27. The number of aromatic nitrogens is 2. The maximum atomic E-state index is 5.27. The van der Waals surface area contributed by atoms with Gasteiger partial charge in [0.1, 0.15) is 5.82 Å². The molecule has 1 unspecified atom stereocenters. The number of benzene rings is 8. The second-order valence-electron chi connectivity index (χ2n) is 16.4. The van der Waals surface area contributed by atoms with Crippen LogP contribution >= 0.6 is 0 Å². The first kappa shape index (κ1) is 34.0. The highest BCUT2D eigenvalue weighted by Crippen LogP contribution is 2.39. The van der Waals surface area contributed by atoms with Crippen molar-refractivity contribution in [3.05, 3.63) is 208 Å². The summed E-state index contributed by atoms with van der Waals surface area (Å²) in [7, 11) is 0. The van der Waals surface area contributed by atoms with Crippen molar-refractivity contribution in [3.8, 4) is 16.8 Å². The standard InChI is InChI=1S/C57H42N2/c1-2-13-39(14-3-1)55-49-18-8-9-19-50(49)56(46-27-26-44-32-41-15-6-7-16-42(41)33-47(44)34-46)51-31-29-45(36-52(51)55)38-22-24-40(25-23-38)57-58-53-20-10-11-21-54(53)59(57)48-30-28-37-12-4-5-17-43(37)35-48/h1-7,10-24,28-36,40H,8-9,25-27H2. The number of rotatable bonds is 5. The minimum atomic E-state index is 0.153. The average molecular weight is 755 g/mol. The molecule has 59 heavy (non-hydrogen) atoms.